The summed E-state index contributed by atoms with van der Waals surface area (Å²) in [5.41, 5.74) is 1.28. The van der Waals surface area contributed by atoms with Gasteiger partial charge >= 0.3 is 0 Å². The topological polar surface area (TPSA) is 35.5 Å². The van der Waals surface area contributed by atoms with Crippen LogP contribution in [-0.2, 0) is 0 Å². The lowest BCUT2D eigenvalue weighted by molar-refractivity contribution is 0.103. The zero-order valence-electron chi connectivity index (χ0n) is 10.4. The van der Waals surface area contributed by atoms with Crippen LogP contribution in [0.1, 0.15) is 15.9 Å². The van der Waals surface area contributed by atoms with Crippen molar-refractivity contribution in [1.82, 2.24) is 0 Å². The van der Waals surface area contributed by atoms with Gasteiger partial charge in [-0.25, -0.2) is 0 Å². The van der Waals surface area contributed by atoms with Crippen LogP contribution in [0.5, 0.6) is 11.5 Å². The summed E-state index contributed by atoms with van der Waals surface area (Å²) in [6, 6.07) is 11.0. The van der Waals surface area contributed by atoms with E-state index in [0.717, 1.165) is 8.04 Å². The second-order valence-corrected chi connectivity index (χ2v) is 6.39. The van der Waals surface area contributed by atoms with Gasteiger partial charge in [-0.2, -0.15) is 0 Å². The zero-order chi connectivity index (χ0) is 14.1. The molecule has 0 N–H and O–H groups in total. The molecule has 1 aliphatic rings. The standard InChI is InChI=1S/C15H10BrIO3/c16-10-2-3-12(17)11(8-10)15(18)9-1-4-13-14(7-9)20-6-5-19-13/h1-4,7-8H,5-6H2. The number of carbonyl (C=O) groups excluding carboxylic acids is 1. The van der Waals surface area contributed by atoms with Gasteiger partial charge in [0.2, 0.25) is 0 Å². The molecule has 0 aliphatic carbocycles. The van der Waals surface area contributed by atoms with Gasteiger partial charge in [-0.15, -0.1) is 0 Å². The predicted octanol–water partition coefficient (Wildman–Crippen LogP) is 4.06. The van der Waals surface area contributed by atoms with Gasteiger partial charge in [0.15, 0.2) is 17.3 Å². The Labute approximate surface area is 138 Å². The maximum absolute atomic E-state index is 12.6. The molecular weight excluding hydrogens is 435 g/mol. The molecule has 0 spiro atoms. The van der Waals surface area contributed by atoms with E-state index in [-0.39, 0.29) is 5.78 Å². The first-order valence-electron chi connectivity index (χ1n) is 6.04. The van der Waals surface area contributed by atoms with Gasteiger partial charge in [0.05, 0.1) is 0 Å². The molecule has 3 nitrogen and oxygen atoms in total. The molecule has 102 valence electrons. The molecule has 0 atom stereocenters. The summed E-state index contributed by atoms with van der Waals surface area (Å²) in [5.74, 6) is 1.30. The van der Waals surface area contributed by atoms with Crippen LogP contribution in [0.4, 0.5) is 0 Å². The minimum Gasteiger partial charge on any atom is -0.486 e. The fourth-order valence-corrected chi connectivity index (χ4v) is 2.95. The van der Waals surface area contributed by atoms with E-state index in [9.17, 15) is 4.79 Å². The molecule has 2 aromatic carbocycles. The molecule has 5 heteroatoms. The van der Waals surface area contributed by atoms with Crippen molar-refractivity contribution in [3.63, 3.8) is 0 Å². The first-order chi connectivity index (χ1) is 9.65. The van der Waals surface area contributed by atoms with E-state index >= 15 is 0 Å². The monoisotopic (exact) mass is 444 g/mol. The van der Waals surface area contributed by atoms with Crippen LogP contribution >= 0.6 is 38.5 Å². The van der Waals surface area contributed by atoms with Crippen molar-refractivity contribution in [3.05, 3.63) is 55.6 Å². The Hall–Kier alpha value is -1.08. The molecular formula is C15H10BrIO3. The summed E-state index contributed by atoms with van der Waals surface area (Å²) in [4.78, 5) is 12.6. The van der Waals surface area contributed by atoms with E-state index < -0.39 is 0 Å². The molecule has 0 saturated heterocycles. The average molecular weight is 445 g/mol. The zero-order valence-corrected chi connectivity index (χ0v) is 14.1. The van der Waals surface area contributed by atoms with Crippen molar-refractivity contribution in [3.8, 4) is 11.5 Å². The van der Waals surface area contributed by atoms with Gasteiger partial charge in [0.1, 0.15) is 13.2 Å². The van der Waals surface area contributed by atoms with Crippen LogP contribution in [0.2, 0.25) is 0 Å². The maximum atomic E-state index is 12.6. The smallest absolute Gasteiger partial charge is 0.194 e. The van der Waals surface area contributed by atoms with Crippen molar-refractivity contribution < 1.29 is 14.3 Å². The Bertz CT molecular complexity index is 685. The number of ether oxygens (including phenoxy) is 2. The molecule has 0 saturated carbocycles. The van der Waals surface area contributed by atoms with Crippen molar-refractivity contribution in [2.45, 2.75) is 0 Å². The molecule has 0 aromatic heterocycles. The van der Waals surface area contributed by atoms with Crippen LogP contribution < -0.4 is 9.47 Å². The van der Waals surface area contributed by atoms with E-state index in [1.807, 2.05) is 18.2 Å². The van der Waals surface area contributed by atoms with Crippen LogP contribution in [0.3, 0.4) is 0 Å². The summed E-state index contributed by atoms with van der Waals surface area (Å²) < 4.78 is 12.8. The third kappa shape index (κ3) is 2.69. The molecule has 0 unspecified atom stereocenters. The highest BCUT2D eigenvalue weighted by Gasteiger charge is 2.17. The summed E-state index contributed by atoms with van der Waals surface area (Å²) in [6.45, 7) is 1.06. The van der Waals surface area contributed by atoms with Crippen LogP contribution in [0.25, 0.3) is 0 Å². The SMILES string of the molecule is O=C(c1ccc2c(c1)OCCO2)c1cc(Br)ccc1I. The molecule has 1 heterocycles. The quantitative estimate of drug-likeness (QED) is 0.517. The van der Waals surface area contributed by atoms with Crippen molar-refractivity contribution in [1.29, 1.82) is 0 Å². The minimum absolute atomic E-state index is 0.0207. The van der Waals surface area contributed by atoms with E-state index in [2.05, 4.69) is 38.5 Å². The van der Waals surface area contributed by atoms with E-state index in [0.29, 0.717) is 35.8 Å². The van der Waals surface area contributed by atoms with Crippen molar-refractivity contribution in [2.75, 3.05) is 13.2 Å². The highest BCUT2D eigenvalue weighted by atomic mass is 127. The maximum Gasteiger partial charge on any atom is 0.194 e. The number of fused-ring (bicyclic) bond motifs is 1. The third-order valence-corrected chi connectivity index (χ3v) is 4.41. The van der Waals surface area contributed by atoms with Gasteiger partial charge in [-0.3, -0.25) is 4.79 Å². The summed E-state index contributed by atoms with van der Waals surface area (Å²) in [5, 5.41) is 0. The van der Waals surface area contributed by atoms with Gasteiger partial charge in [-0.1, -0.05) is 15.9 Å². The number of ketones is 1. The van der Waals surface area contributed by atoms with Gasteiger partial charge < -0.3 is 9.47 Å². The average Bonchev–Trinajstić information content (AvgIpc) is 2.48. The summed E-state index contributed by atoms with van der Waals surface area (Å²) in [7, 11) is 0. The highest BCUT2D eigenvalue weighted by Crippen LogP contribution is 2.32. The Morgan fingerprint density at radius 1 is 1.05 bits per heavy atom. The van der Waals surface area contributed by atoms with Crippen molar-refractivity contribution in [2.24, 2.45) is 0 Å². The van der Waals surface area contributed by atoms with Crippen LogP contribution in [0, 0.1) is 3.57 Å². The summed E-state index contributed by atoms with van der Waals surface area (Å²) in [6.07, 6.45) is 0. The molecule has 0 radical (unpaired) electrons. The number of halogens is 2. The molecule has 2 aromatic rings. The number of carbonyl (C=O) groups is 1. The molecule has 0 fully saturated rings. The Kier molecular flexibility index (Phi) is 3.98. The number of hydrogen-bond acceptors (Lipinski definition) is 3. The van der Waals surface area contributed by atoms with E-state index in [4.69, 9.17) is 9.47 Å². The highest BCUT2D eigenvalue weighted by molar-refractivity contribution is 14.1. The lowest BCUT2D eigenvalue weighted by Gasteiger charge is -2.18. The summed E-state index contributed by atoms with van der Waals surface area (Å²) >= 11 is 5.56. The molecule has 0 amide bonds. The van der Waals surface area contributed by atoms with Crippen LogP contribution in [0.15, 0.2) is 40.9 Å². The lowest BCUT2D eigenvalue weighted by Crippen LogP contribution is -2.16. The Morgan fingerprint density at radius 3 is 2.60 bits per heavy atom. The van der Waals surface area contributed by atoms with Crippen LogP contribution in [-0.4, -0.2) is 19.0 Å². The Morgan fingerprint density at radius 2 is 1.80 bits per heavy atom. The number of benzene rings is 2. The second-order valence-electron chi connectivity index (χ2n) is 4.31. The lowest BCUT2D eigenvalue weighted by atomic mass is 10.0. The number of hydrogen-bond donors (Lipinski definition) is 0. The van der Waals surface area contributed by atoms with Crippen molar-refractivity contribution >= 4 is 44.3 Å². The van der Waals surface area contributed by atoms with Gasteiger partial charge in [-0.05, 0) is 59.0 Å². The third-order valence-electron chi connectivity index (χ3n) is 2.98. The first kappa shape index (κ1) is 13.9. The predicted molar refractivity (Wildman–Crippen MR) is 87.7 cm³/mol. The molecule has 1 aliphatic heterocycles. The van der Waals surface area contributed by atoms with Gasteiger partial charge in [0, 0.05) is 19.2 Å². The number of rotatable bonds is 2. The normalized spacial score (nSPS) is 13.1. The largest absolute Gasteiger partial charge is 0.486 e. The Balaban J connectivity index is 2.00. The second kappa shape index (κ2) is 5.73. The van der Waals surface area contributed by atoms with Gasteiger partial charge in [0.25, 0.3) is 0 Å². The van der Waals surface area contributed by atoms with E-state index in [1.54, 1.807) is 18.2 Å². The fraction of sp³-hybridized carbons (Fsp3) is 0.133. The first-order valence-corrected chi connectivity index (χ1v) is 7.92. The fourth-order valence-electron chi connectivity index (χ4n) is 2.01. The minimum atomic E-state index is -0.0207. The van der Waals surface area contributed by atoms with E-state index in [1.165, 1.54) is 0 Å². The molecule has 20 heavy (non-hydrogen) atoms. The molecule has 0 bridgehead atoms. The molecule has 3 rings (SSSR count).